The molecule has 0 bridgehead atoms. The number of hydrogen-bond donors (Lipinski definition) is 1. The number of benzene rings is 1. The molecule has 12 heteroatoms. The van der Waals surface area contributed by atoms with Crippen LogP contribution in [0.15, 0.2) is 45.6 Å². The van der Waals surface area contributed by atoms with Crippen LogP contribution < -0.4 is 14.4 Å². The molecule has 0 spiro atoms. The first-order valence-corrected chi connectivity index (χ1v) is 11.1. The summed E-state index contributed by atoms with van der Waals surface area (Å²) in [6.07, 6.45) is 8.32. The number of halogens is 2. The second-order valence-electron chi connectivity index (χ2n) is 7.55. The predicted octanol–water partition coefficient (Wildman–Crippen LogP) is 2.44. The van der Waals surface area contributed by atoms with Gasteiger partial charge in [0.2, 0.25) is 0 Å². The molecule has 3 heterocycles. The number of imidazole rings is 1. The van der Waals surface area contributed by atoms with Crippen LogP contribution in [0.25, 0.3) is 0 Å². The molecular formula is C23H27F2N7O3. The molecule has 2 aliphatic rings. The molecule has 1 saturated heterocycles. The summed E-state index contributed by atoms with van der Waals surface area (Å²) in [5.41, 5.74) is -0.376. The fourth-order valence-electron chi connectivity index (χ4n) is 3.69. The number of H-pyrrole nitrogens is 1. The van der Waals surface area contributed by atoms with Crippen LogP contribution >= 0.6 is 0 Å². The third-order valence-electron chi connectivity index (χ3n) is 5.44. The first-order valence-electron chi connectivity index (χ1n) is 11.1. The summed E-state index contributed by atoms with van der Waals surface area (Å²) in [4.78, 5) is 24.2. The van der Waals surface area contributed by atoms with Crippen LogP contribution in [-0.4, -0.2) is 86.5 Å². The van der Waals surface area contributed by atoms with E-state index in [1.807, 2.05) is 0 Å². The van der Waals surface area contributed by atoms with Gasteiger partial charge in [0.15, 0.2) is 23.1 Å². The lowest BCUT2D eigenvalue weighted by Crippen LogP contribution is -2.41. The van der Waals surface area contributed by atoms with Crippen LogP contribution in [0.2, 0.25) is 0 Å². The zero-order valence-electron chi connectivity index (χ0n) is 19.6. The van der Waals surface area contributed by atoms with Crippen LogP contribution in [0.4, 0.5) is 14.5 Å². The number of anilines is 1. The second kappa shape index (κ2) is 11.6. The van der Waals surface area contributed by atoms with Gasteiger partial charge in [0.25, 0.3) is 0 Å². The predicted molar refractivity (Wildman–Crippen MR) is 129 cm³/mol. The minimum absolute atomic E-state index is 0.00361. The van der Waals surface area contributed by atoms with Gasteiger partial charge in [-0.15, -0.1) is 0 Å². The third kappa shape index (κ3) is 5.65. The lowest BCUT2D eigenvalue weighted by molar-refractivity contribution is 0.0688. The lowest BCUT2D eigenvalue weighted by Gasteiger charge is -2.28. The number of methoxy groups -OCH3 is 2. The van der Waals surface area contributed by atoms with Gasteiger partial charge in [-0.1, -0.05) is 6.08 Å². The highest BCUT2D eigenvalue weighted by atomic mass is 19.1. The number of nitrogens with zero attached hydrogens (tertiary/aromatic N) is 6. The average molecular weight is 488 g/mol. The Morgan fingerprint density at radius 2 is 1.86 bits per heavy atom. The van der Waals surface area contributed by atoms with Crippen molar-refractivity contribution in [3.05, 3.63) is 48.1 Å². The van der Waals surface area contributed by atoms with Gasteiger partial charge in [-0.3, -0.25) is 4.99 Å². The fourth-order valence-corrected chi connectivity index (χ4v) is 3.69. The molecule has 1 fully saturated rings. The number of nitrogens with one attached hydrogen (secondary N) is 1. The molecule has 0 radical (unpaired) electrons. The lowest BCUT2D eigenvalue weighted by atomic mass is 10.2. The zero-order valence-corrected chi connectivity index (χ0v) is 19.6. The van der Waals surface area contributed by atoms with Crippen LogP contribution in [0.3, 0.4) is 0 Å². The van der Waals surface area contributed by atoms with Crippen LogP contribution in [-0.2, 0) is 11.3 Å². The van der Waals surface area contributed by atoms with Gasteiger partial charge in [-0.25, -0.2) is 23.7 Å². The monoisotopic (exact) mass is 487 g/mol. The quantitative estimate of drug-likeness (QED) is 0.696. The van der Waals surface area contributed by atoms with E-state index in [1.54, 1.807) is 30.8 Å². The average Bonchev–Trinajstić information content (AvgIpc) is 3.40. The third-order valence-corrected chi connectivity index (χ3v) is 5.44. The van der Waals surface area contributed by atoms with Crippen molar-refractivity contribution in [2.75, 3.05) is 58.6 Å². The van der Waals surface area contributed by atoms with Crippen molar-refractivity contribution in [1.29, 1.82) is 0 Å². The minimum atomic E-state index is -0.888. The van der Waals surface area contributed by atoms with Crippen LogP contribution in [0.5, 0.6) is 11.5 Å². The molecule has 0 amide bonds. The Morgan fingerprint density at radius 3 is 2.51 bits per heavy atom. The van der Waals surface area contributed by atoms with E-state index < -0.39 is 11.6 Å². The van der Waals surface area contributed by atoms with Gasteiger partial charge in [0, 0.05) is 31.5 Å². The molecule has 186 valence electrons. The summed E-state index contributed by atoms with van der Waals surface area (Å²) in [6, 6.07) is 1.16. The molecule has 2 aliphatic heterocycles. The number of aromatic amines is 1. The van der Waals surface area contributed by atoms with E-state index in [4.69, 9.17) is 14.2 Å². The molecule has 2 aromatic rings. The van der Waals surface area contributed by atoms with E-state index in [2.05, 4.69) is 29.8 Å². The molecule has 10 nitrogen and oxygen atoms in total. The van der Waals surface area contributed by atoms with Crippen molar-refractivity contribution in [3.63, 3.8) is 0 Å². The Kier molecular flexibility index (Phi) is 8.03. The summed E-state index contributed by atoms with van der Waals surface area (Å²) >= 11 is 0. The van der Waals surface area contributed by atoms with E-state index in [-0.39, 0.29) is 36.2 Å². The molecule has 0 unspecified atom stereocenters. The number of amidine groups is 2. The molecule has 4 rings (SSSR count). The minimum Gasteiger partial charge on any atom is -0.493 e. The number of aliphatic imine (C=N–C) groups is 3. The van der Waals surface area contributed by atoms with Gasteiger partial charge in [-0.2, -0.15) is 0 Å². The van der Waals surface area contributed by atoms with E-state index in [0.29, 0.717) is 44.5 Å². The Bertz CT molecular complexity index is 1100. The van der Waals surface area contributed by atoms with Crippen LogP contribution in [0, 0.1) is 11.6 Å². The van der Waals surface area contributed by atoms with E-state index >= 15 is 8.78 Å². The summed E-state index contributed by atoms with van der Waals surface area (Å²) in [5.74, 6) is -0.661. The van der Waals surface area contributed by atoms with E-state index in [9.17, 15) is 0 Å². The molecular weight excluding hydrogens is 460 g/mol. The number of morpholine rings is 1. The maximum absolute atomic E-state index is 15.5. The van der Waals surface area contributed by atoms with Crippen molar-refractivity contribution in [1.82, 2.24) is 14.9 Å². The van der Waals surface area contributed by atoms with Gasteiger partial charge in [0.05, 0.1) is 46.7 Å². The molecule has 1 aromatic heterocycles. The maximum Gasteiger partial charge on any atom is 0.191 e. The largest absolute Gasteiger partial charge is 0.493 e. The van der Waals surface area contributed by atoms with E-state index in [0.717, 1.165) is 6.07 Å². The SMILES string of the molecule is COc1cc(OC)c(F)c(N(Cc2ncc[nH]2)C2=NCN=C(N3CCOCC3)C=NCC=C2)c1F. The highest BCUT2D eigenvalue weighted by Crippen LogP contribution is 2.38. The number of ether oxygens (including phenoxy) is 3. The molecule has 1 aromatic carbocycles. The highest BCUT2D eigenvalue weighted by Gasteiger charge is 2.28. The van der Waals surface area contributed by atoms with Crippen molar-refractivity contribution in [3.8, 4) is 11.5 Å². The molecule has 0 aliphatic carbocycles. The van der Waals surface area contributed by atoms with Gasteiger partial charge < -0.3 is 29.0 Å². The van der Waals surface area contributed by atoms with Gasteiger partial charge >= 0.3 is 0 Å². The molecule has 0 atom stereocenters. The maximum atomic E-state index is 15.5. The smallest absolute Gasteiger partial charge is 0.191 e. The number of hydrogen-bond acceptors (Lipinski definition) is 9. The van der Waals surface area contributed by atoms with Crippen molar-refractivity contribution in [2.45, 2.75) is 6.54 Å². The Balaban J connectivity index is 1.76. The molecule has 1 N–H and O–H groups in total. The van der Waals surface area contributed by atoms with Crippen molar-refractivity contribution >= 4 is 23.6 Å². The topological polar surface area (TPSA) is 99.9 Å². The first kappa shape index (κ1) is 24.3. The Morgan fingerprint density at radius 1 is 1.11 bits per heavy atom. The molecule has 0 saturated carbocycles. The Hall–Kier alpha value is -3.80. The standard InChI is InChI=1S/C23H27F2N7O3/c1-33-16-12-17(34-2)22(25)23(21(16)24)32(14-18-27-6-7-28-18)19-4-3-5-26-13-20(30-15-29-19)31-8-10-35-11-9-31/h3-4,6-7,12-13H,5,8-11,14-15H2,1-2H3,(H,27,28). The first-order chi connectivity index (χ1) is 17.1. The van der Waals surface area contributed by atoms with Crippen molar-refractivity contribution < 1.29 is 23.0 Å². The normalized spacial score (nSPS) is 16.5. The second-order valence-corrected chi connectivity index (χ2v) is 7.55. The Labute approximate surface area is 201 Å². The van der Waals surface area contributed by atoms with Gasteiger partial charge in [-0.05, 0) is 6.08 Å². The number of rotatable bonds is 5. The highest BCUT2D eigenvalue weighted by molar-refractivity contribution is 6.29. The summed E-state index contributed by atoms with van der Waals surface area (Å²) < 4.78 is 46.6. The van der Waals surface area contributed by atoms with Crippen molar-refractivity contribution in [2.24, 2.45) is 15.0 Å². The van der Waals surface area contributed by atoms with Crippen LogP contribution in [0.1, 0.15) is 5.82 Å². The fraction of sp³-hybridized carbons (Fsp3) is 0.391. The summed E-state index contributed by atoms with van der Waals surface area (Å²) in [7, 11) is 2.61. The summed E-state index contributed by atoms with van der Waals surface area (Å²) in [6.45, 7) is 2.97. The number of aromatic nitrogens is 2. The van der Waals surface area contributed by atoms with Gasteiger partial charge in [0.1, 0.15) is 29.9 Å². The summed E-state index contributed by atoms with van der Waals surface area (Å²) in [5, 5.41) is 0. The van der Waals surface area contributed by atoms with E-state index in [1.165, 1.54) is 19.1 Å². The molecule has 35 heavy (non-hydrogen) atoms. The zero-order chi connectivity index (χ0) is 24.6.